The molecule has 0 spiro atoms. The van der Waals surface area contributed by atoms with E-state index in [1.165, 1.54) is 29.2 Å². The van der Waals surface area contributed by atoms with Crippen LogP contribution in [-0.2, 0) is 34.9 Å². The standard InChI is InChI=1S/C35H41F3N4O6S/c1-3-31(44)41-32(34(46)42-14-16-49(47,48)17-15-42)22(2)25-12-13-29(28(36)19-25)40-33(45)27(24-9-5-4-6-10-24)20-30(43)35(37,38)26-11-7-8-23(18-26)21-39/h7-8,11-13,18-19,22,24,27,32H,3-6,9-10,14-17,20H2,1-2H3,(H,40,45)(H,41,44)/t22-,27-,32+/m0/s1. The van der Waals surface area contributed by atoms with E-state index in [0.29, 0.717) is 18.4 Å². The zero-order valence-electron chi connectivity index (χ0n) is 27.5. The van der Waals surface area contributed by atoms with Crippen LogP contribution < -0.4 is 10.6 Å². The average molecular weight is 703 g/mol. The molecule has 3 amide bonds. The molecule has 1 heterocycles. The predicted molar refractivity (Wildman–Crippen MR) is 176 cm³/mol. The number of nitriles is 1. The van der Waals surface area contributed by atoms with Crippen LogP contribution >= 0.6 is 0 Å². The molecule has 2 N–H and O–H groups in total. The summed E-state index contributed by atoms with van der Waals surface area (Å²) in [5.74, 6) is -10.7. The molecule has 1 aliphatic heterocycles. The summed E-state index contributed by atoms with van der Waals surface area (Å²) < 4.78 is 70.0. The minimum atomic E-state index is -3.95. The van der Waals surface area contributed by atoms with Crippen molar-refractivity contribution in [3.05, 3.63) is 65.0 Å². The summed E-state index contributed by atoms with van der Waals surface area (Å²) in [6.45, 7) is 3.15. The monoisotopic (exact) mass is 702 g/mol. The van der Waals surface area contributed by atoms with E-state index in [9.17, 15) is 27.6 Å². The minimum absolute atomic E-state index is 0.0332. The van der Waals surface area contributed by atoms with Gasteiger partial charge in [0.1, 0.15) is 11.9 Å². The lowest BCUT2D eigenvalue weighted by molar-refractivity contribution is -0.147. The Balaban J connectivity index is 1.53. The number of Topliss-reactive ketones (excluding diaryl/α,β-unsaturated/α-hetero) is 1. The number of ketones is 1. The first kappa shape index (κ1) is 37.6. The van der Waals surface area contributed by atoms with E-state index in [0.717, 1.165) is 37.5 Å². The van der Waals surface area contributed by atoms with Gasteiger partial charge >= 0.3 is 5.92 Å². The van der Waals surface area contributed by atoms with Crippen LogP contribution in [0.1, 0.15) is 81.4 Å². The molecular weight excluding hydrogens is 661 g/mol. The maximum absolute atomic E-state index is 15.6. The van der Waals surface area contributed by atoms with Crippen molar-refractivity contribution in [2.75, 3.05) is 29.9 Å². The van der Waals surface area contributed by atoms with E-state index >= 15 is 13.2 Å². The fraction of sp³-hybridized carbons (Fsp3) is 0.514. The van der Waals surface area contributed by atoms with E-state index in [1.54, 1.807) is 19.9 Å². The number of benzene rings is 2. The SMILES string of the molecule is CCC(=O)N[C@@H](C(=O)N1CCS(=O)(=O)CC1)[C@@H](C)c1ccc(NC(=O)[C@@H](CC(=O)C(F)(F)c2cccc(C#N)c2)C2CCCCC2)c(F)c1. The third-order valence-electron chi connectivity index (χ3n) is 9.50. The molecule has 264 valence electrons. The highest BCUT2D eigenvalue weighted by Gasteiger charge is 2.44. The molecule has 10 nitrogen and oxygen atoms in total. The molecule has 2 aromatic carbocycles. The normalized spacial score (nSPS) is 18.4. The number of sulfone groups is 1. The molecule has 2 aliphatic rings. The molecule has 0 bridgehead atoms. The van der Waals surface area contributed by atoms with E-state index in [4.69, 9.17) is 5.26 Å². The Kier molecular flexibility index (Phi) is 12.2. The van der Waals surface area contributed by atoms with Crippen molar-refractivity contribution in [1.29, 1.82) is 5.26 Å². The number of nitrogens with zero attached hydrogens (tertiary/aromatic N) is 2. The summed E-state index contributed by atoms with van der Waals surface area (Å²) in [7, 11) is -3.27. The van der Waals surface area contributed by atoms with E-state index in [1.807, 2.05) is 0 Å². The van der Waals surface area contributed by atoms with Gasteiger partial charge < -0.3 is 15.5 Å². The molecule has 14 heteroatoms. The Hall–Kier alpha value is -4.25. The fourth-order valence-electron chi connectivity index (χ4n) is 6.42. The van der Waals surface area contributed by atoms with Crippen molar-refractivity contribution in [3.8, 4) is 6.07 Å². The van der Waals surface area contributed by atoms with Crippen LogP contribution in [0.5, 0.6) is 0 Å². The van der Waals surface area contributed by atoms with Gasteiger partial charge in [-0.15, -0.1) is 0 Å². The number of alkyl halides is 2. The van der Waals surface area contributed by atoms with Crippen molar-refractivity contribution in [2.24, 2.45) is 11.8 Å². The lowest BCUT2D eigenvalue weighted by Crippen LogP contribution is -2.54. The summed E-state index contributed by atoms with van der Waals surface area (Å²) >= 11 is 0. The van der Waals surface area contributed by atoms with Crippen molar-refractivity contribution >= 4 is 39.0 Å². The van der Waals surface area contributed by atoms with Gasteiger partial charge in [-0.3, -0.25) is 19.2 Å². The Morgan fingerprint density at radius 1 is 1.04 bits per heavy atom. The molecule has 4 rings (SSSR count). The Morgan fingerprint density at radius 2 is 1.71 bits per heavy atom. The van der Waals surface area contributed by atoms with Gasteiger partial charge in [-0.05, 0) is 48.6 Å². The molecule has 2 aromatic rings. The number of carbonyl (C=O) groups is 4. The second-order valence-electron chi connectivity index (χ2n) is 12.8. The summed E-state index contributed by atoms with van der Waals surface area (Å²) in [5.41, 5.74) is -0.616. The Labute approximate surface area is 284 Å². The minimum Gasteiger partial charge on any atom is -0.344 e. The molecule has 0 unspecified atom stereocenters. The largest absolute Gasteiger partial charge is 0.344 e. The van der Waals surface area contributed by atoms with Crippen LogP contribution in [-0.4, -0.2) is 67.5 Å². The first-order valence-electron chi connectivity index (χ1n) is 16.5. The molecule has 1 saturated heterocycles. The average Bonchev–Trinajstić information content (AvgIpc) is 3.09. The number of amides is 3. The number of halogens is 3. The number of hydrogen-bond acceptors (Lipinski definition) is 7. The van der Waals surface area contributed by atoms with E-state index in [-0.39, 0.29) is 48.2 Å². The van der Waals surface area contributed by atoms with Gasteiger partial charge in [-0.1, -0.05) is 51.3 Å². The number of anilines is 1. The lowest BCUT2D eigenvalue weighted by Gasteiger charge is -2.33. The summed E-state index contributed by atoms with van der Waals surface area (Å²) in [6.07, 6.45) is 2.80. The molecule has 2 fully saturated rings. The maximum atomic E-state index is 15.6. The van der Waals surface area contributed by atoms with Crippen LogP contribution in [0.3, 0.4) is 0 Å². The van der Waals surface area contributed by atoms with Gasteiger partial charge in [0.25, 0.3) is 0 Å². The van der Waals surface area contributed by atoms with E-state index < -0.39 is 74.9 Å². The third kappa shape index (κ3) is 9.26. The van der Waals surface area contributed by atoms with Crippen LogP contribution in [0.4, 0.5) is 18.9 Å². The van der Waals surface area contributed by atoms with Crippen molar-refractivity contribution in [3.63, 3.8) is 0 Å². The third-order valence-corrected chi connectivity index (χ3v) is 11.1. The first-order chi connectivity index (χ1) is 23.2. The molecule has 49 heavy (non-hydrogen) atoms. The smallest absolute Gasteiger partial charge is 0.330 e. The Morgan fingerprint density at radius 3 is 2.33 bits per heavy atom. The van der Waals surface area contributed by atoms with Crippen LogP contribution in [0, 0.1) is 29.0 Å². The maximum Gasteiger partial charge on any atom is 0.330 e. The van der Waals surface area contributed by atoms with Crippen molar-refractivity contribution < 1.29 is 40.8 Å². The number of hydrogen-bond donors (Lipinski definition) is 2. The predicted octanol–water partition coefficient (Wildman–Crippen LogP) is 4.84. The number of rotatable bonds is 12. The van der Waals surface area contributed by atoms with Crippen LogP contribution in [0.2, 0.25) is 0 Å². The summed E-state index contributed by atoms with van der Waals surface area (Å²) in [5, 5.41) is 14.3. The van der Waals surface area contributed by atoms with Crippen LogP contribution in [0.25, 0.3) is 0 Å². The summed E-state index contributed by atoms with van der Waals surface area (Å²) in [6, 6.07) is 9.09. The number of carbonyl (C=O) groups excluding carboxylic acids is 4. The van der Waals surface area contributed by atoms with Gasteiger partial charge in [0.05, 0.1) is 28.8 Å². The van der Waals surface area contributed by atoms with Gasteiger partial charge in [-0.2, -0.15) is 14.0 Å². The molecule has 0 radical (unpaired) electrons. The second kappa shape index (κ2) is 16.0. The Bertz CT molecular complexity index is 1710. The molecule has 1 saturated carbocycles. The zero-order chi connectivity index (χ0) is 35.9. The second-order valence-corrected chi connectivity index (χ2v) is 15.1. The van der Waals surface area contributed by atoms with Crippen molar-refractivity contribution in [2.45, 2.75) is 76.7 Å². The first-order valence-corrected chi connectivity index (χ1v) is 18.3. The topological polar surface area (TPSA) is 154 Å². The molecule has 0 aromatic heterocycles. The summed E-state index contributed by atoms with van der Waals surface area (Å²) in [4.78, 5) is 53.8. The quantitative estimate of drug-likeness (QED) is 0.321. The lowest BCUT2D eigenvalue weighted by atomic mass is 9.76. The zero-order valence-corrected chi connectivity index (χ0v) is 28.3. The van der Waals surface area contributed by atoms with Crippen molar-refractivity contribution in [1.82, 2.24) is 10.2 Å². The molecule has 1 aliphatic carbocycles. The van der Waals surface area contributed by atoms with Gasteiger partial charge in [0.2, 0.25) is 23.5 Å². The van der Waals surface area contributed by atoms with Crippen LogP contribution in [0.15, 0.2) is 42.5 Å². The van der Waals surface area contributed by atoms with E-state index in [2.05, 4.69) is 10.6 Å². The molecule has 3 atom stereocenters. The van der Waals surface area contributed by atoms with Gasteiger partial charge in [0, 0.05) is 43.3 Å². The van der Waals surface area contributed by atoms with Gasteiger partial charge in [0.15, 0.2) is 9.84 Å². The molecular formula is C35H41F3N4O6S. The fourth-order valence-corrected chi connectivity index (χ4v) is 7.62. The highest BCUT2D eigenvalue weighted by atomic mass is 32.2. The highest BCUT2D eigenvalue weighted by molar-refractivity contribution is 7.91. The highest BCUT2D eigenvalue weighted by Crippen LogP contribution is 2.38. The van der Waals surface area contributed by atoms with Gasteiger partial charge in [-0.25, -0.2) is 12.8 Å². The number of nitrogens with one attached hydrogen (secondary N) is 2.